The molecule has 1 aromatic heterocycles. The van der Waals surface area contributed by atoms with Gasteiger partial charge in [0.05, 0.1) is 13.1 Å². The van der Waals surface area contributed by atoms with E-state index in [0.717, 1.165) is 28.3 Å². The molecule has 0 spiro atoms. The molecule has 2 heterocycles. The number of likely N-dealkylation sites (tertiary alicyclic amines) is 1. The van der Waals surface area contributed by atoms with Crippen LogP contribution in [-0.4, -0.2) is 85.1 Å². The molecule has 1 aliphatic rings. The molecule has 2 atom stereocenters. The van der Waals surface area contributed by atoms with Crippen LogP contribution in [0.2, 0.25) is 0 Å². The van der Waals surface area contributed by atoms with Crippen molar-refractivity contribution in [3.05, 3.63) is 71.9 Å². The van der Waals surface area contributed by atoms with Gasteiger partial charge in [-0.3, -0.25) is 14.4 Å². The number of hydrogen-bond donors (Lipinski definition) is 3. The molecule has 9 nitrogen and oxygen atoms in total. The van der Waals surface area contributed by atoms with Gasteiger partial charge in [0.1, 0.15) is 12.3 Å². The fourth-order valence-electron chi connectivity index (χ4n) is 5.40. The molecule has 1 fully saturated rings. The quantitative estimate of drug-likeness (QED) is 0.327. The third-order valence-corrected chi connectivity index (χ3v) is 7.44. The van der Waals surface area contributed by atoms with Gasteiger partial charge in [-0.05, 0) is 43.5 Å². The van der Waals surface area contributed by atoms with Gasteiger partial charge in [-0.2, -0.15) is 0 Å². The first kappa shape index (κ1) is 28.0. The topological polar surface area (TPSA) is 115 Å². The minimum atomic E-state index is -0.844. The number of H-pyrrole nitrogens is 1. The second-order valence-corrected chi connectivity index (χ2v) is 10.5. The highest BCUT2D eigenvalue weighted by Gasteiger charge is 2.39. The van der Waals surface area contributed by atoms with Crippen LogP contribution in [0.5, 0.6) is 0 Å². The number of aldehydes is 1. The molecule has 1 aliphatic heterocycles. The lowest BCUT2D eigenvalue weighted by Crippen LogP contribution is -2.56. The first-order valence-corrected chi connectivity index (χ1v) is 13.4. The second-order valence-electron chi connectivity index (χ2n) is 10.5. The highest BCUT2D eigenvalue weighted by atomic mass is 16.2. The van der Waals surface area contributed by atoms with Crippen LogP contribution in [0.3, 0.4) is 0 Å². The third-order valence-electron chi connectivity index (χ3n) is 7.44. The average molecular weight is 532 g/mol. The van der Waals surface area contributed by atoms with Crippen molar-refractivity contribution in [3.63, 3.8) is 0 Å². The van der Waals surface area contributed by atoms with Crippen molar-refractivity contribution >= 4 is 34.9 Å². The number of carbonyl (C=O) groups excluding carboxylic acids is 4. The molecule has 0 aliphatic carbocycles. The molecular formula is C30H37N5O4. The Bertz CT molecular complexity index is 1310. The standard InChI is InChI=1S/C30H37N5O4/c1-31-18-28(38)34(2)19-27(37)33-26(15-23-17-32-25-12-7-6-11-24(23)25)29(39)35-14-8-13-30(20-35,21-36)16-22-9-4-3-5-10-22/h3-7,9-12,17,21,26,31-32H,8,13-16,18-20H2,1-2H3,(H,33,37)/t26-,30+/m1/s1. The molecule has 0 unspecified atom stereocenters. The molecule has 206 valence electrons. The SMILES string of the molecule is CNCC(=O)N(C)CC(=O)N[C@H](Cc1c[nH]c2ccccc12)C(=O)N1CCC[C@](C=O)(Cc2ccccc2)C1. The van der Waals surface area contributed by atoms with Crippen LogP contribution in [0.4, 0.5) is 0 Å². The smallest absolute Gasteiger partial charge is 0.245 e. The molecular weight excluding hydrogens is 494 g/mol. The Labute approximate surface area is 228 Å². The van der Waals surface area contributed by atoms with E-state index < -0.39 is 17.4 Å². The number of piperidine rings is 1. The summed E-state index contributed by atoms with van der Waals surface area (Å²) in [6, 6.07) is 16.8. The number of aromatic nitrogens is 1. The summed E-state index contributed by atoms with van der Waals surface area (Å²) in [7, 11) is 3.22. The number of amides is 3. The maximum absolute atomic E-state index is 14.0. The summed E-state index contributed by atoms with van der Waals surface area (Å²) in [4.78, 5) is 57.8. The van der Waals surface area contributed by atoms with E-state index in [4.69, 9.17) is 0 Å². The number of para-hydroxylation sites is 1. The van der Waals surface area contributed by atoms with Gasteiger partial charge in [-0.15, -0.1) is 0 Å². The number of rotatable bonds is 11. The maximum Gasteiger partial charge on any atom is 0.245 e. The molecule has 0 saturated carbocycles. The summed E-state index contributed by atoms with van der Waals surface area (Å²) in [5.74, 6) is -0.861. The van der Waals surface area contributed by atoms with E-state index in [2.05, 4.69) is 15.6 Å². The number of benzene rings is 2. The Morgan fingerprint density at radius 2 is 1.87 bits per heavy atom. The molecule has 2 aromatic carbocycles. The summed E-state index contributed by atoms with van der Waals surface area (Å²) < 4.78 is 0. The fraction of sp³-hybridized carbons (Fsp3) is 0.400. The predicted octanol–water partition coefficient (Wildman–Crippen LogP) is 1.92. The lowest BCUT2D eigenvalue weighted by atomic mass is 9.76. The van der Waals surface area contributed by atoms with E-state index in [-0.39, 0.29) is 31.3 Å². The monoisotopic (exact) mass is 531 g/mol. The number of aromatic amines is 1. The van der Waals surface area contributed by atoms with Crippen molar-refractivity contribution in [1.82, 2.24) is 25.4 Å². The van der Waals surface area contributed by atoms with E-state index in [0.29, 0.717) is 32.4 Å². The van der Waals surface area contributed by atoms with Gasteiger partial charge < -0.3 is 30.2 Å². The van der Waals surface area contributed by atoms with Crippen LogP contribution in [-0.2, 0) is 32.0 Å². The first-order chi connectivity index (χ1) is 18.8. The number of hydrogen-bond acceptors (Lipinski definition) is 5. The number of likely N-dealkylation sites (N-methyl/N-ethyl adjacent to an activating group) is 2. The number of nitrogens with zero attached hydrogens (tertiary/aromatic N) is 2. The Balaban J connectivity index is 1.55. The molecule has 3 N–H and O–H groups in total. The highest BCUT2D eigenvalue weighted by molar-refractivity contribution is 5.92. The van der Waals surface area contributed by atoms with Gasteiger partial charge in [-0.25, -0.2) is 0 Å². The lowest BCUT2D eigenvalue weighted by molar-refractivity contribution is -0.141. The molecule has 39 heavy (non-hydrogen) atoms. The number of fused-ring (bicyclic) bond motifs is 1. The maximum atomic E-state index is 14.0. The van der Waals surface area contributed by atoms with Crippen LogP contribution >= 0.6 is 0 Å². The number of nitrogens with one attached hydrogen (secondary N) is 3. The van der Waals surface area contributed by atoms with Gasteiger partial charge in [0.15, 0.2) is 0 Å². The van der Waals surface area contributed by atoms with E-state index in [9.17, 15) is 19.2 Å². The second kappa shape index (κ2) is 12.7. The van der Waals surface area contributed by atoms with Gasteiger partial charge in [0.2, 0.25) is 17.7 Å². The van der Waals surface area contributed by atoms with Crippen molar-refractivity contribution in [2.24, 2.45) is 5.41 Å². The number of carbonyl (C=O) groups is 4. The van der Waals surface area contributed by atoms with E-state index in [1.54, 1.807) is 19.0 Å². The zero-order chi connectivity index (χ0) is 27.8. The molecule has 0 bridgehead atoms. The van der Waals surface area contributed by atoms with E-state index in [1.165, 1.54) is 4.90 Å². The molecule has 1 saturated heterocycles. The van der Waals surface area contributed by atoms with Crippen LogP contribution in [0.15, 0.2) is 60.8 Å². The Hall–Kier alpha value is -3.98. The Kier molecular flexibility index (Phi) is 9.14. The molecule has 9 heteroatoms. The van der Waals surface area contributed by atoms with Gasteiger partial charge in [-0.1, -0.05) is 48.5 Å². The largest absolute Gasteiger partial charge is 0.361 e. The molecule has 3 aromatic rings. The average Bonchev–Trinajstić information content (AvgIpc) is 3.35. The van der Waals surface area contributed by atoms with Crippen molar-refractivity contribution < 1.29 is 19.2 Å². The van der Waals surface area contributed by atoms with Gasteiger partial charge in [0, 0.05) is 49.1 Å². The molecule has 0 radical (unpaired) electrons. The zero-order valence-electron chi connectivity index (χ0n) is 22.6. The van der Waals surface area contributed by atoms with E-state index in [1.807, 2.05) is 60.8 Å². The fourth-order valence-corrected chi connectivity index (χ4v) is 5.40. The molecule has 3 amide bonds. The van der Waals surface area contributed by atoms with Crippen LogP contribution in [0, 0.1) is 5.41 Å². The van der Waals surface area contributed by atoms with Gasteiger partial charge >= 0.3 is 0 Å². The third kappa shape index (κ3) is 6.92. The zero-order valence-corrected chi connectivity index (χ0v) is 22.6. The summed E-state index contributed by atoms with van der Waals surface area (Å²) in [6.07, 6.45) is 5.10. The highest BCUT2D eigenvalue weighted by Crippen LogP contribution is 2.32. The summed E-state index contributed by atoms with van der Waals surface area (Å²) >= 11 is 0. The summed E-state index contributed by atoms with van der Waals surface area (Å²) in [5, 5.41) is 6.66. The van der Waals surface area contributed by atoms with Crippen molar-refractivity contribution in [3.8, 4) is 0 Å². The van der Waals surface area contributed by atoms with Gasteiger partial charge in [0.25, 0.3) is 0 Å². The minimum absolute atomic E-state index is 0.116. The lowest BCUT2D eigenvalue weighted by Gasteiger charge is -2.41. The summed E-state index contributed by atoms with van der Waals surface area (Å²) in [6.45, 7) is 0.768. The summed E-state index contributed by atoms with van der Waals surface area (Å²) in [5.41, 5.74) is 2.23. The minimum Gasteiger partial charge on any atom is -0.361 e. The first-order valence-electron chi connectivity index (χ1n) is 13.4. The Morgan fingerprint density at radius 1 is 1.13 bits per heavy atom. The van der Waals surface area contributed by atoms with E-state index >= 15 is 0 Å². The van der Waals surface area contributed by atoms with Crippen LogP contribution in [0.1, 0.15) is 24.0 Å². The van der Waals surface area contributed by atoms with Crippen LogP contribution < -0.4 is 10.6 Å². The van der Waals surface area contributed by atoms with Crippen molar-refractivity contribution in [2.45, 2.75) is 31.7 Å². The molecule has 4 rings (SSSR count). The van der Waals surface area contributed by atoms with Crippen molar-refractivity contribution in [2.75, 3.05) is 40.3 Å². The van der Waals surface area contributed by atoms with Crippen molar-refractivity contribution in [1.29, 1.82) is 0 Å². The van der Waals surface area contributed by atoms with Crippen LogP contribution in [0.25, 0.3) is 10.9 Å². The normalized spacial score (nSPS) is 17.9. The predicted molar refractivity (Wildman–Crippen MR) is 150 cm³/mol. The Morgan fingerprint density at radius 3 is 2.62 bits per heavy atom.